The van der Waals surface area contributed by atoms with Crippen molar-refractivity contribution in [1.29, 1.82) is 0 Å². The van der Waals surface area contributed by atoms with Gasteiger partial charge in [-0.05, 0) is 51.4 Å². The number of carbonyl (C=O) groups excluding carboxylic acids is 1. The van der Waals surface area contributed by atoms with Crippen LogP contribution >= 0.6 is 12.2 Å². The zero-order valence-corrected chi connectivity index (χ0v) is 16.7. The van der Waals surface area contributed by atoms with Crippen molar-refractivity contribution in [3.8, 4) is 0 Å². The molecule has 2 atom stereocenters. The first-order valence-electron chi connectivity index (χ1n) is 9.09. The molecule has 6 nitrogen and oxygen atoms in total. The van der Waals surface area contributed by atoms with E-state index in [2.05, 4.69) is 4.98 Å². The number of nitrogens with zero attached hydrogens (tertiary/aromatic N) is 3. The number of likely N-dealkylation sites (tertiary alicyclic amines) is 1. The number of carbonyl (C=O) groups is 1. The van der Waals surface area contributed by atoms with Gasteiger partial charge in [0.25, 0.3) is 5.17 Å². The maximum atomic E-state index is 12.7. The summed E-state index contributed by atoms with van der Waals surface area (Å²) < 4.78 is 13.4. The van der Waals surface area contributed by atoms with Gasteiger partial charge < -0.3 is 14.4 Å². The summed E-state index contributed by atoms with van der Waals surface area (Å²) in [5, 5.41) is 0.303. The van der Waals surface area contributed by atoms with Crippen molar-refractivity contribution in [3.63, 3.8) is 0 Å². The second-order valence-corrected chi connectivity index (χ2v) is 7.92. The third kappa shape index (κ3) is 4.86. The number of aromatic nitrogens is 2. The molecular weight excluding hydrogens is 362 g/mol. The molecule has 1 aliphatic heterocycles. The Morgan fingerprint density at radius 1 is 1.30 bits per heavy atom. The highest BCUT2D eigenvalue weighted by molar-refractivity contribution is 7.80. The number of hydrogen-bond donors (Lipinski definition) is 0. The SMILES string of the molecule is CC(C)(C)OC(=O)N1CCC[C@@H]1C(OC(=S)n1ccnc1)c1ccccc1. The van der Waals surface area contributed by atoms with E-state index in [1.54, 1.807) is 28.2 Å². The Morgan fingerprint density at radius 3 is 2.67 bits per heavy atom. The van der Waals surface area contributed by atoms with Crippen molar-refractivity contribution >= 4 is 23.5 Å². The van der Waals surface area contributed by atoms with Gasteiger partial charge in [-0.1, -0.05) is 30.3 Å². The van der Waals surface area contributed by atoms with Gasteiger partial charge in [0.05, 0.1) is 6.04 Å². The van der Waals surface area contributed by atoms with Crippen LogP contribution in [0.25, 0.3) is 0 Å². The molecular formula is C20H25N3O3S. The Kier molecular flexibility index (Phi) is 5.79. The predicted octanol–water partition coefficient (Wildman–Crippen LogP) is 4.17. The van der Waals surface area contributed by atoms with E-state index in [0.717, 1.165) is 18.4 Å². The fourth-order valence-electron chi connectivity index (χ4n) is 3.20. The highest BCUT2D eigenvalue weighted by atomic mass is 32.1. The fourth-order valence-corrected chi connectivity index (χ4v) is 3.41. The van der Waals surface area contributed by atoms with Gasteiger partial charge in [-0.15, -0.1) is 0 Å². The van der Waals surface area contributed by atoms with E-state index >= 15 is 0 Å². The molecule has 0 N–H and O–H groups in total. The van der Waals surface area contributed by atoms with E-state index in [1.165, 1.54) is 0 Å². The Labute approximate surface area is 165 Å². The van der Waals surface area contributed by atoms with E-state index in [1.807, 2.05) is 51.1 Å². The summed E-state index contributed by atoms with van der Waals surface area (Å²) >= 11 is 5.44. The Hall–Kier alpha value is -2.41. The van der Waals surface area contributed by atoms with Gasteiger partial charge in [-0.3, -0.25) is 4.57 Å². The van der Waals surface area contributed by atoms with Gasteiger partial charge in [-0.25, -0.2) is 9.78 Å². The van der Waals surface area contributed by atoms with Crippen LogP contribution in [0.1, 0.15) is 45.3 Å². The van der Waals surface area contributed by atoms with Crippen LogP contribution in [0, 0.1) is 0 Å². The smallest absolute Gasteiger partial charge is 0.410 e. The summed E-state index contributed by atoms with van der Waals surface area (Å²) in [6, 6.07) is 9.70. The van der Waals surface area contributed by atoms with Crippen molar-refractivity contribution in [2.45, 2.75) is 51.4 Å². The third-order valence-corrected chi connectivity index (χ3v) is 4.65. The highest BCUT2D eigenvalue weighted by Gasteiger charge is 2.39. The molecule has 0 radical (unpaired) electrons. The lowest BCUT2D eigenvalue weighted by Crippen LogP contribution is -2.43. The fraction of sp³-hybridized carbons (Fsp3) is 0.450. The maximum absolute atomic E-state index is 12.7. The van der Waals surface area contributed by atoms with E-state index in [9.17, 15) is 4.79 Å². The van der Waals surface area contributed by atoms with Crippen molar-refractivity contribution in [3.05, 3.63) is 54.6 Å². The average molecular weight is 388 g/mol. The summed E-state index contributed by atoms with van der Waals surface area (Å²) in [5.74, 6) is 0. The summed E-state index contributed by atoms with van der Waals surface area (Å²) in [5.41, 5.74) is 0.430. The first kappa shape index (κ1) is 19.4. The molecule has 7 heteroatoms. The van der Waals surface area contributed by atoms with Gasteiger partial charge >= 0.3 is 6.09 Å². The van der Waals surface area contributed by atoms with Crippen LogP contribution in [0.5, 0.6) is 0 Å². The van der Waals surface area contributed by atoms with Crippen LogP contribution in [0.3, 0.4) is 0 Å². The molecule has 2 heterocycles. The van der Waals surface area contributed by atoms with Gasteiger partial charge in [-0.2, -0.15) is 0 Å². The second-order valence-electron chi connectivity index (χ2n) is 7.57. The van der Waals surface area contributed by atoms with Gasteiger partial charge in [0.15, 0.2) is 0 Å². The monoisotopic (exact) mass is 387 g/mol. The van der Waals surface area contributed by atoms with Crippen LogP contribution in [0.4, 0.5) is 4.79 Å². The second kappa shape index (κ2) is 8.08. The Bertz CT molecular complexity index is 772. The topological polar surface area (TPSA) is 56.6 Å². The standard InChI is InChI=1S/C20H25N3O3S/c1-20(2,3)26-18(24)23-12-7-10-16(23)17(15-8-5-4-6-9-15)25-19(27)22-13-11-21-14-22/h4-6,8-9,11,13-14,16-17H,7,10,12H2,1-3H3/t16-,17?/m1/s1. The largest absolute Gasteiger partial charge is 0.460 e. The molecule has 27 heavy (non-hydrogen) atoms. The van der Waals surface area contributed by atoms with E-state index in [0.29, 0.717) is 11.7 Å². The number of amides is 1. The molecule has 2 aromatic rings. The molecule has 1 unspecified atom stereocenters. The van der Waals surface area contributed by atoms with E-state index < -0.39 is 5.60 Å². The number of hydrogen-bond acceptors (Lipinski definition) is 5. The minimum absolute atomic E-state index is 0.149. The van der Waals surface area contributed by atoms with Gasteiger partial charge in [0.2, 0.25) is 0 Å². The van der Waals surface area contributed by atoms with Gasteiger partial charge in [0, 0.05) is 18.9 Å². The van der Waals surface area contributed by atoms with Crippen LogP contribution in [-0.4, -0.2) is 43.9 Å². The van der Waals surface area contributed by atoms with Crippen molar-refractivity contribution < 1.29 is 14.3 Å². The third-order valence-electron chi connectivity index (χ3n) is 4.35. The molecule has 1 amide bonds. The van der Waals surface area contributed by atoms with Crippen LogP contribution in [0.2, 0.25) is 0 Å². The van der Waals surface area contributed by atoms with Crippen LogP contribution in [0.15, 0.2) is 49.1 Å². The molecule has 1 aromatic carbocycles. The molecule has 144 valence electrons. The molecule has 0 aliphatic carbocycles. The summed E-state index contributed by atoms with van der Waals surface area (Å²) in [4.78, 5) is 18.5. The van der Waals surface area contributed by atoms with Crippen LogP contribution < -0.4 is 0 Å². The van der Waals surface area contributed by atoms with Crippen molar-refractivity contribution in [1.82, 2.24) is 14.5 Å². The minimum Gasteiger partial charge on any atom is -0.460 e. The first-order valence-corrected chi connectivity index (χ1v) is 9.49. The number of imidazole rings is 1. The maximum Gasteiger partial charge on any atom is 0.410 e. The summed E-state index contributed by atoms with van der Waals surface area (Å²) in [6.45, 7) is 6.25. The first-order chi connectivity index (χ1) is 12.8. The lowest BCUT2D eigenvalue weighted by molar-refractivity contribution is 0.00709. The highest BCUT2D eigenvalue weighted by Crippen LogP contribution is 2.33. The molecule has 0 bridgehead atoms. The molecule has 1 fully saturated rings. The van der Waals surface area contributed by atoms with Crippen molar-refractivity contribution in [2.75, 3.05) is 6.54 Å². The average Bonchev–Trinajstić information content (AvgIpc) is 3.30. The zero-order valence-electron chi connectivity index (χ0n) is 15.9. The number of rotatable bonds is 3. The van der Waals surface area contributed by atoms with Crippen molar-refractivity contribution in [2.24, 2.45) is 0 Å². The molecule has 0 spiro atoms. The quantitative estimate of drug-likeness (QED) is 0.740. The Balaban J connectivity index is 1.85. The molecule has 1 aromatic heterocycles. The minimum atomic E-state index is -0.542. The number of ether oxygens (including phenoxy) is 2. The van der Waals surface area contributed by atoms with Crippen LogP contribution in [-0.2, 0) is 9.47 Å². The molecule has 3 rings (SSSR count). The molecule has 1 saturated heterocycles. The van der Waals surface area contributed by atoms with E-state index in [4.69, 9.17) is 21.7 Å². The van der Waals surface area contributed by atoms with Gasteiger partial charge in [0.1, 0.15) is 18.0 Å². The molecule has 1 aliphatic rings. The lowest BCUT2D eigenvalue weighted by atomic mass is 10.0. The van der Waals surface area contributed by atoms with E-state index in [-0.39, 0.29) is 18.2 Å². The number of thiocarbonyl (C=S) groups is 1. The predicted molar refractivity (Wildman–Crippen MR) is 106 cm³/mol. The molecule has 0 saturated carbocycles. The summed E-state index contributed by atoms with van der Waals surface area (Å²) in [6.07, 6.45) is 6.02. The normalized spacial score (nSPS) is 18.2. The zero-order chi connectivity index (χ0) is 19.4. The number of benzene rings is 1. The summed E-state index contributed by atoms with van der Waals surface area (Å²) in [7, 11) is 0. The Morgan fingerprint density at radius 2 is 2.04 bits per heavy atom. The lowest BCUT2D eigenvalue weighted by Gasteiger charge is -2.33.